The van der Waals surface area contributed by atoms with Gasteiger partial charge in [0.25, 0.3) is 11.5 Å². The molecule has 0 saturated carbocycles. The van der Waals surface area contributed by atoms with E-state index in [-0.39, 0.29) is 11.5 Å². The molecule has 1 unspecified atom stereocenters. The van der Waals surface area contributed by atoms with Crippen molar-refractivity contribution in [1.29, 1.82) is 0 Å². The van der Waals surface area contributed by atoms with Gasteiger partial charge in [-0.1, -0.05) is 30.3 Å². The quantitative estimate of drug-likeness (QED) is 0.785. The lowest BCUT2D eigenvalue weighted by Gasteiger charge is -2.40. The Balaban J connectivity index is 1.52. The topological polar surface area (TPSA) is 57.6 Å². The third-order valence-corrected chi connectivity index (χ3v) is 5.15. The number of pyridine rings is 1. The molecule has 3 rings (SSSR count). The van der Waals surface area contributed by atoms with Crippen molar-refractivity contribution >= 4 is 5.91 Å². The molecule has 1 fully saturated rings. The van der Waals surface area contributed by atoms with Crippen LogP contribution in [0.3, 0.4) is 0 Å². The second-order valence-corrected chi connectivity index (χ2v) is 7.20. The summed E-state index contributed by atoms with van der Waals surface area (Å²) in [6.45, 7) is 4.64. The minimum absolute atomic E-state index is 0.175. The predicted octanol–water partition coefficient (Wildman–Crippen LogP) is 1.49. The van der Waals surface area contributed by atoms with Gasteiger partial charge in [0, 0.05) is 63.6 Å². The van der Waals surface area contributed by atoms with Crippen LogP contribution in [-0.4, -0.2) is 60.0 Å². The molecule has 27 heavy (non-hydrogen) atoms. The minimum Gasteiger partial charge on any atom is -0.352 e. The summed E-state index contributed by atoms with van der Waals surface area (Å²) in [7, 11) is 3.83. The first-order valence-electron chi connectivity index (χ1n) is 9.47. The van der Waals surface area contributed by atoms with Crippen molar-refractivity contribution in [1.82, 2.24) is 19.7 Å². The predicted molar refractivity (Wildman–Crippen MR) is 107 cm³/mol. The van der Waals surface area contributed by atoms with Gasteiger partial charge in [0.2, 0.25) is 0 Å². The monoisotopic (exact) mass is 368 g/mol. The molecule has 6 nitrogen and oxygen atoms in total. The number of hydrogen-bond acceptors (Lipinski definition) is 4. The van der Waals surface area contributed by atoms with E-state index < -0.39 is 0 Å². The highest BCUT2D eigenvalue weighted by molar-refractivity contribution is 5.93. The Bertz CT molecular complexity index is 818. The molecule has 1 aliphatic rings. The fraction of sp³-hybridized carbons (Fsp3) is 0.429. The standard InChI is InChI=1S/C21H28N4O2/c1-23-13-14-25(19(16-23)17-7-4-3-5-8-17)11-6-10-22-21(27)18-9-12-24(2)20(26)15-18/h3-5,7-9,12,15,19H,6,10-11,13-14,16H2,1-2H3,(H,22,27). The van der Waals surface area contributed by atoms with Gasteiger partial charge in [-0.25, -0.2) is 0 Å². The highest BCUT2D eigenvalue weighted by Crippen LogP contribution is 2.24. The average Bonchev–Trinajstić information content (AvgIpc) is 2.68. The van der Waals surface area contributed by atoms with Crippen LogP contribution in [0, 0.1) is 0 Å². The van der Waals surface area contributed by atoms with Crippen LogP contribution in [-0.2, 0) is 7.05 Å². The van der Waals surface area contributed by atoms with E-state index in [9.17, 15) is 9.59 Å². The third kappa shape index (κ3) is 5.05. The fourth-order valence-corrected chi connectivity index (χ4v) is 3.49. The van der Waals surface area contributed by atoms with Gasteiger partial charge in [-0.3, -0.25) is 14.5 Å². The van der Waals surface area contributed by atoms with E-state index in [0.717, 1.165) is 32.6 Å². The molecule has 144 valence electrons. The molecule has 1 N–H and O–H groups in total. The Morgan fingerprint density at radius 1 is 1.15 bits per heavy atom. The van der Waals surface area contributed by atoms with Gasteiger partial charge < -0.3 is 14.8 Å². The van der Waals surface area contributed by atoms with Crippen molar-refractivity contribution in [3.8, 4) is 0 Å². The number of piperazine rings is 1. The zero-order valence-electron chi connectivity index (χ0n) is 16.1. The molecule has 1 saturated heterocycles. The smallest absolute Gasteiger partial charge is 0.251 e. The van der Waals surface area contributed by atoms with Crippen LogP contribution in [0.5, 0.6) is 0 Å². The Morgan fingerprint density at radius 3 is 2.67 bits per heavy atom. The molecule has 0 bridgehead atoms. The molecule has 1 aromatic heterocycles. The number of hydrogen-bond donors (Lipinski definition) is 1. The summed E-state index contributed by atoms with van der Waals surface area (Å²) in [5, 5.41) is 2.92. The molecule has 1 aromatic carbocycles. The second-order valence-electron chi connectivity index (χ2n) is 7.20. The molecule has 0 radical (unpaired) electrons. The summed E-state index contributed by atoms with van der Waals surface area (Å²) in [4.78, 5) is 28.7. The van der Waals surface area contributed by atoms with Gasteiger partial charge >= 0.3 is 0 Å². The maximum Gasteiger partial charge on any atom is 0.251 e. The first-order chi connectivity index (χ1) is 13.0. The lowest BCUT2D eigenvalue weighted by Crippen LogP contribution is -2.47. The Morgan fingerprint density at radius 2 is 1.93 bits per heavy atom. The molecular weight excluding hydrogens is 340 g/mol. The van der Waals surface area contributed by atoms with Gasteiger partial charge in [0.15, 0.2) is 0 Å². The largest absolute Gasteiger partial charge is 0.352 e. The van der Waals surface area contributed by atoms with E-state index >= 15 is 0 Å². The SMILES string of the molecule is CN1CCN(CCCNC(=O)c2ccn(C)c(=O)c2)C(c2ccccc2)C1. The van der Waals surface area contributed by atoms with Crippen LogP contribution in [0.15, 0.2) is 53.5 Å². The molecule has 2 heterocycles. The zero-order valence-corrected chi connectivity index (χ0v) is 16.1. The number of nitrogens with one attached hydrogen (secondary N) is 1. The number of rotatable bonds is 6. The van der Waals surface area contributed by atoms with Crippen LogP contribution in [0.25, 0.3) is 0 Å². The van der Waals surface area contributed by atoms with E-state index in [4.69, 9.17) is 0 Å². The number of nitrogens with zero attached hydrogens (tertiary/aromatic N) is 3. The highest BCUT2D eigenvalue weighted by Gasteiger charge is 2.25. The Labute approximate surface area is 160 Å². The highest BCUT2D eigenvalue weighted by atomic mass is 16.2. The van der Waals surface area contributed by atoms with E-state index in [0.29, 0.717) is 18.2 Å². The van der Waals surface area contributed by atoms with Gasteiger partial charge in [0.1, 0.15) is 0 Å². The molecule has 0 aliphatic carbocycles. The lowest BCUT2D eigenvalue weighted by atomic mass is 10.0. The number of carbonyl (C=O) groups is 1. The van der Waals surface area contributed by atoms with Gasteiger partial charge in [-0.2, -0.15) is 0 Å². The second kappa shape index (κ2) is 8.97. The van der Waals surface area contributed by atoms with Crippen LogP contribution in [0.4, 0.5) is 0 Å². The fourth-order valence-electron chi connectivity index (χ4n) is 3.49. The maximum atomic E-state index is 12.2. The zero-order chi connectivity index (χ0) is 19.2. The third-order valence-electron chi connectivity index (χ3n) is 5.15. The van der Waals surface area contributed by atoms with Gasteiger partial charge in [0.05, 0.1) is 0 Å². The molecule has 0 spiro atoms. The van der Waals surface area contributed by atoms with Crippen molar-refractivity contribution in [3.05, 3.63) is 70.1 Å². The maximum absolute atomic E-state index is 12.2. The van der Waals surface area contributed by atoms with Crippen LogP contribution in [0.1, 0.15) is 28.4 Å². The van der Waals surface area contributed by atoms with Crippen LogP contribution < -0.4 is 10.9 Å². The number of aryl methyl sites for hydroxylation is 1. The normalized spacial score (nSPS) is 18.4. The molecule has 1 amide bonds. The summed E-state index contributed by atoms with van der Waals surface area (Å²) in [5.74, 6) is -0.189. The van der Waals surface area contributed by atoms with E-state index in [2.05, 4.69) is 46.4 Å². The van der Waals surface area contributed by atoms with E-state index in [1.807, 2.05) is 6.07 Å². The van der Waals surface area contributed by atoms with Crippen molar-refractivity contribution < 1.29 is 4.79 Å². The van der Waals surface area contributed by atoms with E-state index in [1.54, 1.807) is 19.3 Å². The molecular formula is C21H28N4O2. The van der Waals surface area contributed by atoms with Crippen molar-refractivity contribution in [2.24, 2.45) is 7.05 Å². The summed E-state index contributed by atoms with van der Waals surface area (Å²) < 4.78 is 1.45. The molecule has 1 aliphatic heterocycles. The Hall–Kier alpha value is -2.44. The first-order valence-corrected chi connectivity index (χ1v) is 9.47. The van der Waals surface area contributed by atoms with Crippen molar-refractivity contribution in [2.75, 3.05) is 39.8 Å². The molecule has 6 heteroatoms. The first kappa shape index (κ1) is 19.3. The van der Waals surface area contributed by atoms with Crippen molar-refractivity contribution in [3.63, 3.8) is 0 Å². The lowest BCUT2D eigenvalue weighted by molar-refractivity contribution is 0.0865. The number of likely N-dealkylation sites (N-methyl/N-ethyl adjacent to an activating group) is 1. The summed E-state index contributed by atoms with van der Waals surface area (Å²) in [6, 6.07) is 14.0. The number of aromatic nitrogens is 1. The van der Waals surface area contributed by atoms with Gasteiger partial charge in [-0.05, 0) is 25.1 Å². The number of carbonyl (C=O) groups excluding carboxylic acids is 1. The number of amides is 1. The van der Waals surface area contributed by atoms with E-state index in [1.165, 1.54) is 16.2 Å². The molecule has 1 atom stereocenters. The van der Waals surface area contributed by atoms with Crippen LogP contribution >= 0.6 is 0 Å². The minimum atomic E-state index is -0.189. The summed E-state index contributed by atoms with van der Waals surface area (Å²) in [5.41, 5.74) is 1.58. The van der Waals surface area contributed by atoms with Crippen molar-refractivity contribution in [2.45, 2.75) is 12.5 Å². The summed E-state index contributed by atoms with van der Waals surface area (Å²) in [6.07, 6.45) is 2.50. The number of benzene rings is 1. The summed E-state index contributed by atoms with van der Waals surface area (Å²) >= 11 is 0. The molecule has 2 aromatic rings. The Kier molecular flexibility index (Phi) is 6.42. The van der Waals surface area contributed by atoms with Crippen LogP contribution in [0.2, 0.25) is 0 Å². The van der Waals surface area contributed by atoms with Gasteiger partial charge in [-0.15, -0.1) is 0 Å². The average molecular weight is 368 g/mol.